The van der Waals surface area contributed by atoms with Crippen LogP contribution >= 0.6 is 22.7 Å². The van der Waals surface area contributed by atoms with E-state index in [0.29, 0.717) is 5.82 Å². The Labute approximate surface area is 112 Å². The summed E-state index contributed by atoms with van der Waals surface area (Å²) in [6.07, 6.45) is 0.873. The van der Waals surface area contributed by atoms with E-state index in [0.717, 1.165) is 26.4 Å². The molecular weight excluding hydrogens is 266 g/mol. The van der Waals surface area contributed by atoms with Crippen LogP contribution < -0.4 is 5.32 Å². The topological polar surface area (TPSA) is 57.8 Å². The van der Waals surface area contributed by atoms with Gasteiger partial charge >= 0.3 is 0 Å². The minimum Gasteiger partial charge on any atom is -0.304 e. The summed E-state index contributed by atoms with van der Waals surface area (Å²) in [5.74, 6) is 0.478. The van der Waals surface area contributed by atoms with E-state index in [4.69, 9.17) is 0 Å². The molecule has 0 aliphatic heterocycles. The first-order valence-corrected chi connectivity index (χ1v) is 7.28. The number of nitrogens with zero attached hydrogens (tertiary/aromatic N) is 1. The fourth-order valence-corrected chi connectivity index (χ4v) is 3.67. The molecule has 3 rings (SSSR count). The summed E-state index contributed by atoms with van der Waals surface area (Å²) < 4.78 is 2.31. The number of nitrogens with one attached hydrogen (secondary N) is 2. The third-order valence-corrected chi connectivity index (χ3v) is 4.71. The Kier molecular flexibility index (Phi) is 2.89. The molecule has 0 spiro atoms. The van der Waals surface area contributed by atoms with Crippen LogP contribution in [0.1, 0.15) is 22.3 Å². The van der Waals surface area contributed by atoms with Gasteiger partial charge in [-0.05, 0) is 23.9 Å². The second-order valence-corrected chi connectivity index (χ2v) is 5.88. The summed E-state index contributed by atoms with van der Waals surface area (Å²) in [6, 6.07) is 5.81. The highest BCUT2D eigenvalue weighted by Gasteiger charge is 2.12. The van der Waals surface area contributed by atoms with Crippen molar-refractivity contribution in [2.45, 2.75) is 13.3 Å². The average molecular weight is 277 g/mol. The highest BCUT2D eigenvalue weighted by Crippen LogP contribution is 2.30. The first kappa shape index (κ1) is 11.4. The number of rotatable bonds is 3. The van der Waals surface area contributed by atoms with Crippen LogP contribution in [0.4, 0.5) is 5.82 Å². The monoisotopic (exact) mass is 277 g/mol. The molecule has 4 nitrogen and oxygen atoms in total. The first-order chi connectivity index (χ1) is 8.76. The maximum Gasteiger partial charge on any atom is 0.267 e. The van der Waals surface area contributed by atoms with E-state index in [2.05, 4.69) is 15.5 Å². The van der Waals surface area contributed by atoms with Crippen molar-refractivity contribution < 1.29 is 4.79 Å². The Bertz CT molecular complexity index is 666. The van der Waals surface area contributed by atoms with Gasteiger partial charge < -0.3 is 5.32 Å². The quantitative estimate of drug-likeness (QED) is 0.769. The Morgan fingerprint density at radius 2 is 2.33 bits per heavy atom. The normalized spacial score (nSPS) is 10.9. The summed E-state index contributed by atoms with van der Waals surface area (Å²) in [5.41, 5.74) is 1.01. The second-order valence-electron chi connectivity index (χ2n) is 3.85. The average Bonchev–Trinajstić information content (AvgIpc) is 3.02. The predicted octanol–water partition coefficient (Wildman–Crippen LogP) is 3.50. The van der Waals surface area contributed by atoms with Gasteiger partial charge in [-0.15, -0.1) is 22.7 Å². The first-order valence-electron chi connectivity index (χ1n) is 5.59. The molecule has 3 heterocycles. The van der Waals surface area contributed by atoms with Crippen LogP contribution in [0.2, 0.25) is 0 Å². The van der Waals surface area contributed by atoms with E-state index in [1.165, 1.54) is 11.3 Å². The van der Waals surface area contributed by atoms with Crippen LogP contribution in [-0.4, -0.2) is 16.1 Å². The van der Waals surface area contributed by atoms with Gasteiger partial charge in [-0.25, -0.2) is 0 Å². The van der Waals surface area contributed by atoms with Crippen molar-refractivity contribution in [1.29, 1.82) is 0 Å². The molecule has 3 aromatic heterocycles. The molecule has 0 aromatic carbocycles. The van der Waals surface area contributed by atoms with Crippen molar-refractivity contribution in [1.82, 2.24) is 10.2 Å². The predicted molar refractivity (Wildman–Crippen MR) is 75.6 cm³/mol. The summed E-state index contributed by atoms with van der Waals surface area (Å²) in [6.45, 7) is 2.03. The summed E-state index contributed by atoms with van der Waals surface area (Å²) >= 11 is 3.15. The molecule has 0 saturated heterocycles. The van der Waals surface area contributed by atoms with Gasteiger partial charge in [0.15, 0.2) is 5.82 Å². The zero-order valence-corrected chi connectivity index (χ0v) is 11.3. The van der Waals surface area contributed by atoms with Crippen molar-refractivity contribution in [2.75, 3.05) is 5.32 Å². The molecule has 18 heavy (non-hydrogen) atoms. The zero-order chi connectivity index (χ0) is 12.5. The molecule has 0 aliphatic rings. The minimum absolute atomic E-state index is 0.0995. The number of H-pyrrole nitrogens is 1. The lowest BCUT2D eigenvalue weighted by atomic mass is 10.3. The van der Waals surface area contributed by atoms with Gasteiger partial charge in [0.1, 0.15) is 0 Å². The summed E-state index contributed by atoms with van der Waals surface area (Å²) in [7, 11) is 0. The fraction of sp³-hybridized carbons (Fsp3) is 0.167. The molecule has 1 amide bonds. The van der Waals surface area contributed by atoms with E-state index in [1.54, 1.807) is 11.3 Å². The number of aryl methyl sites for hydroxylation is 1. The highest BCUT2D eigenvalue weighted by atomic mass is 32.1. The molecule has 3 aromatic rings. The minimum atomic E-state index is -0.0995. The Morgan fingerprint density at radius 1 is 1.44 bits per heavy atom. The number of aromatic nitrogens is 2. The Balaban J connectivity index is 1.80. The van der Waals surface area contributed by atoms with E-state index in [-0.39, 0.29) is 5.91 Å². The number of thiophene rings is 2. The van der Waals surface area contributed by atoms with Crippen molar-refractivity contribution in [3.8, 4) is 0 Å². The molecule has 0 unspecified atom stereocenters. The van der Waals surface area contributed by atoms with Crippen molar-refractivity contribution >= 4 is 43.8 Å². The van der Waals surface area contributed by atoms with E-state index < -0.39 is 0 Å². The van der Waals surface area contributed by atoms with Crippen LogP contribution in [0.3, 0.4) is 0 Å². The highest BCUT2D eigenvalue weighted by molar-refractivity contribution is 7.27. The van der Waals surface area contributed by atoms with Gasteiger partial charge in [-0.2, -0.15) is 5.10 Å². The lowest BCUT2D eigenvalue weighted by molar-refractivity contribution is 0.103. The van der Waals surface area contributed by atoms with Crippen LogP contribution in [0.25, 0.3) is 9.40 Å². The largest absolute Gasteiger partial charge is 0.304 e. The van der Waals surface area contributed by atoms with Crippen molar-refractivity contribution in [3.05, 3.63) is 34.2 Å². The lowest BCUT2D eigenvalue weighted by Crippen LogP contribution is -2.10. The van der Waals surface area contributed by atoms with E-state index in [9.17, 15) is 4.79 Å². The Morgan fingerprint density at radius 3 is 3.06 bits per heavy atom. The summed E-state index contributed by atoms with van der Waals surface area (Å²) in [5, 5.41) is 11.7. The van der Waals surface area contributed by atoms with E-state index >= 15 is 0 Å². The van der Waals surface area contributed by atoms with Gasteiger partial charge in [-0.1, -0.05) is 6.92 Å². The number of fused-ring (bicyclic) bond motifs is 1. The standard InChI is InChI=1S/C12H11N3OS2/c1-2-7-5-11(15-14-7)13-12(16)10-6-9-8(18-10)3-4-17-9/h3-6H,2H2,1H3,(H2,13,14,15,16). The molecule has 92 valence electrons. The van der Waals surface area contributed by atoms with Crippen LogP contribution in [0, 0.1) is 0 Å². The number of carbonyl (C=O) groups excluding carboxylic acids is 1. The molecular formula is C12H11N3OS2. The van der Waals surface area contributed by atoms with Crippen LogP contribution in [0.15, 0.2) is 23.6 Å². The number of carbonyl (C=O) groups is 1. The number of hydrogen-bond acceptors (Lipinski definition) is 4. The molecule has 2 N–H and O–H groups in total. The fourth-order valence-electron chi connectivity index (χ4n) is 1.66. The maximum atomic E-state index is 12.0. The lowest BCUT2D eigenvalue weighted by Gasteiger charge is -1.97. The van der Waals surface area contributed by atoms with Gasteiger partial charge in [0, 0.05) is 21.2 Å². The van der Waals surface area contributed by atoms with Crippen molar-refractivity contribution in [2.24, 2.45) is 0 Å². The van der Waals surface area contributed by atoms with Gasteiger partial charge in [0.05, 0.1) is 4.88 Å². The van der Waals surface area contributed by atoms with Gasteiger partial charge in [0.2, 0.25) is 0 Å². The number of anilines is 1. The maximum absolute atomic E-state index is 12.0. The number of amides is 1. The molecule has 0 saturated carbocycles. The van der Waals surface area contributed by atoms with Crippen molar-refractivity contribution in [3.63, 3.8) is 0 Å². The molecule has 0 radical (unpaired) electrons. The zero-order valence-electron chi connectivity index (χ0n) is 9.69. The van der Waals surface area contributed by atoms with Gasteiger partial charge in [-0.3, -0.25) is 9.89 Å². The number of hydrogen-bond donors (Lipinski definition) is 2. The third-order valence-electron chi connectivity index (χ3n) is 2.62. The third kappa shape index (κ3) is 2.04. The van der Waals surface area contributed by atoms with Gasteiger partial charge in [0.25, 0.3) is 5.91 Å². The van der Waals surface area contributed by atoms with Crippen LogP contribution in [0.5, 0.6) is 0 Å². The molecule has 6 heteroatoms. The second kappa shape index (κ2) is 4.55. The smallest absolute Gasteiger partial charge is 0.267 e. The summed E-state index contributed by atoms with van der Waals surface area (Å²) in [4.78, 5) is 12.7. The molecule has 0 atom stereocenters. The molecule has 0 aliphatic carbocycles. The van der Waals surface area contributed by atoms with E-state index in [1.807, 2.05) is 30.5 Å². The SMILES string of the molecule is CCc1cc(NC(=O)c2cc3sccc3s2)n[nH]1. The Hall–Kier alpha value is -1.66. The molecule has 0 bridgehead atoms. The number of aromatic amines is 1. The molecule has 0 fully saturated rings. The van der Waals surface area contributed by atoms with Crippen LogP contribution in [-0.2, 0) is 6.42 Å².